The fourth-order valence-corrected chi connectivity index (χ4v) is 40.7. The summed E-state index contributed by atoms with van der Waals surface area (Å²) in [5.41, 5.74) is 15.2. The molecule has 0 heterocycles. The zero-order chi connectivity index (χ0) is 31.6. The number of fused-ring (bicyclic) bond motifs is 2. The van der Waals surface area contributed by atoms with Gasteiger partial charge >= 0.3 is 275 Å². The number of nitrogens with zero attached hydrogens (tertiary/aromatic N) is 2. The zero-order valence-corrected chi connectivity index (χ0v) is 32.2. The van der Waals surface area contributed by atoms with Crippen molar-refractivity contribution in [1.82, 2.24) is 0 Å². The maximum atomic E-state index is 8.44. The Morgan fingerprint density at radius 1 is 0.568 bits per heavy atom. The van der Waals surface area contributed by atoms with Gasteiger partial charge in [0.1, 0.15) is 0 Å². The van der Waals surface area contributed by atoms with E-state index in [1.807, 2.05) is 0 Å². The summed E-state index contributed by atoms with van der Waals surface area (Å²) in [6, 6.07) is 31.2. The SMILES string of the molecule is CC1=Cc2c(-c3ccc(N(C)C)cc3)cccc2[CH]1[Zr]([Cl])([Cl])([CH]1C(C)=Cc2c(-c3ccc(N(C)C)cc3)cccc21)[SiH](C)C. The molecule has 6 rings (SSSR count). The normalized spacial score (nSPS) is 18.3. The first-order chi connectivity index (χ1) is 20.8. The van der Waals surface area contributed by atoms with E-state index in [9.17, 15) is 0 Å². The van der Waals surface area contributed by atoms with Crippen LogP contribution >= 0.6 is 17.0 Å². The van der Waals surface area contributed by atoms with Crippen molar-refractivity contribution in [2.24, 2.45) is 0 Å². The van der Waals surface area contributed by atoms with E-state index in [1.54, 1.807) is 0 Å². The van der Waals surface area contributed by atoms with Crippen molar-refractivity contribution in [2.45, 2.75) is 34.2 Å². The third kappa shape index (κ3) is 4.92. The summed E-state index contributed by atoms with van der Waals surface area (Å²) in [4.78, 5) is 4.28. The Morgan fingerprint density at radius 3 is 1.25 bits per heavy atom. The molecule has 227 valence electrons. The minimum atomic E-state index is -4.71. The molecule has 0 aromatic heterocycles. The Bertz CT molecular complexity index is 1680. The molecule has 2 aliphatic carbocycles. The summed E-state index contributed by atoms with van der Waals surface area (Å²) in [6.07, 6.45) is 4.78. The van der Waals surface area contributed by atoms with Gasteiger partial charge in [0.05, 0.1) is 0 Å². The van der Waals surface area contributed by atoms with E-state index in [-0.39, 0.29) is 7.25 Å². The van der Waals surface area contributed by atoms with Gasteiger partial charge in [-0.25, -0.2) is 0 Å². The molecule has 4 aromatic carbocycles. The third-order valence-corrected chi connectivity index (χ3v) is 62.4. The van der Waals surface area contributed by atoms with Crippen LogP contribution in [-0.2, 0) is 15.6 Å². The van der Waals surface area contributed by atoms with Crippen molar-refractivity contribution in [2.75, 3.05) is 38.0 Å². The molecule has 2 unspecified atom stereocenters. The van der Waals surface area contributed by atoms with Crippen LogP contribution < -0.4 is 9.80 Å². The first kappa shape index (κ1) is 31.6. The topological polar surface area (TPSA) is 6.48 Å². The van der Waals surface area contributed by atoms with Gasteiger partial charge in [-0.1, -0.05) is 0 Å². The Kier molecular flexibility index (Phi) is 8.24. The number of allylic oxidation sites excluding steroid dienone is 2. The molecular weight excluding hydrogens is 675 g/mol. The van der Waals surface area contributed by atoms with Gasteiger partial charge in [0.15, 0.2) is 0 Å². The van der Waals surface area contributed by atoms with E-state index < -0.39 is 21.5 Å². The molecule has 2 nitrogen and oxygen atoms in total. The molecule has 0 radical (unpaired) electrons. The number of halogens is 2. The fraction of sp³-hybridized carbons (Fsp3) is 0.263. The maximum absolute atomic E-state index is 8.44. The summed E-state index contributed by atoms with van der Waals surface area (Å²) >= 11 is -4.71. The summed E-state index contributed by atoms with van der Waals surface area (Å²) in [5.74, 6) is -1.58. The van der Waals surface area contributed by atoms with Crippen molar-refractivity contribution >= 4 is 46.5 Å². The summed E-state index contributed by atoms with van der Waals surface area (Å²) in [5, 5.41) is 0. The molecule has 0 fully saturated rings. The summed E-state index contributed by atoms with van der Waals surface area (Å²) in [6.45, 7) is 9.37. The Morgan fingerprint density at radius 2 is 0.932 bits per heavy atom. The standard InChI is InChI=1S/2C18H18N.C2H7Si.2ClH.Zr/c2*1-13-11-15-5-4-6-17(18(15)12-13)14-7-9-16(10-8-14)19(2)3;1-3-2;;;/h2*4-12H,1-3H3;3H,1-2H3;2*1H;/q;;;;;+2/p-2. The molecule has 0 bridgehead atoms. The quantitative estimate of drug-likeness (QED) is 0.176. The number of benzene rings is 4. The summed E-state index contributed by atoms with van der Waals surface area (Å²) in [7, 11) is 25.2. The molecule has 2 atom stereocenters. The van der Waals surface area contributed by atoms with Crippen LogP contribution in [0.3, 0.4) is 0 Å². The molecule has 0 saturated carbocycles. The second-order valence-electron chi connectivity index (χ2n) is 13.5. The van der Waals surface area contributed by atoms with Crippen LogP contribution in [0, 0.1) is 0 Å². The average molecular weight is 718 g/mol. The number of rotatable bonds is 7. The Balaban J connectivity index is 1.48. The number of hydrogen-bond donors (Lipinski definition) is 0. The van der Waals surface area contributed by atoms with E-state index in [0.29, 0.717) is 0 Å². The van der Waals surface area contributed by atoms with Crippen LogP contribution in [0.1, 0.15) is 43.4 Å². The van der Waals surface area contributed by atoms with E-state index in [4.69, 9.17) is 17.0 Å². The van der Waals surface area contributed by atoms with Crippen molar-refractivity contribution < 1.29 is 15.6 Å². The number of hydrogen-bond acceptors (Lipinski definition) is 2. The first-order valence-electron chi connectivity index (χ1n) is 15.6. The van der Waals surface area contributed by atoms with Gasteiger partial charge in [0, 0.05) is 0 Å². The van der Waals surface area contributed by atoms with Crippen LogP contribution in [-0.4, -0.2) is 34.1 Å². The molecule has 0 spiro atoms. The van der Waals surface area contributed by atoms with Gasteiger partial charge in [-0.2, -0.15) is 0 Å². The van der Waals surface area contributed by atoms with Gasteiger partial charge < -0.3 is 0 Å². The summed E-state index contributed by atoms with van der Waals surface area (Å²) < 4.78 is 0.175. The second kappa shape index (κ2) is 11.5. The van der Waals surface area contributed by atoms with Crippen molar-refractivity contribution in [3.05, 3.63) is 118 Å². The van der Waals surface area contributed by atoms with Crippen LogP contribution in [0.4, 0.5) is 11.4 Å². The Labute approximate surface area is 272 Å². The van der Waals surface area contributed by atoms with Gasteiger partial charge in [-0.15, -0.1) is 0 Å². The molecule has 0 amide bonds. The van der Waals surface area contributed by atoms with Gasteiger partial charge in [0.2, 0.25) is 0 Å². The van der Waals surface area contributed by atoms with Gasteiger partial charge in [-0.3, -0.25) is 0 Å². The minimum absolute atomic E-state index is 0.0877. The fourth-order valence-electron chi connectivity index (χ4n) is 7.78. The molecule has 44 heavy (non-hydrogen) atoms. The van der Waals surface area contributed by atoms with Gasteiger partial charge in [0.25, 0.3) is 0 Å². The predicted octanol–water partition coefficient (Wildman–Crippen LogP) is 10.7. The number of anilines is 2. The monoisotopic (exact) mass is 715 g/mol. The van der Waals surface area contributed by atoms with Crippen LogP contribution in [0.25, 0.3) is 34.4 Å². The molecule has 2 aliphatic rings. The molecule has 4 aromatic rings. The average Bonchev–Trinajstić information content (AvgIpc) is 3.53. The van der Waals surface area contributed by atoms with E-state index in [0.717, 1.165) is 0 Å². The van der Waals surface area contributed by atoms with Crippen molar-refractivity contribution in [1.29, 1.82) is 0 Å². The van der Waals surface area contributed by atoms with Crippen LogP contribution in [0.15, 0.2) is 96.1 Å². The molecule has 0 N–H and O–H groups in total. The van der Waals surface area contributed by atoms with Crippen molar-refractivity contribution in [3.63, 3.8) is 0 Å². The first-order valence-corrected chi connectivity index (χ1v) is 31.9. The zero-order valence-electron chi connectivity index (χ0n) is 27.1. The van der Waals surface area contributed by atoms with E-state index >= 15 is 0 Å². The molecular formula is C38H43Cl2N2SiZr. The van der Waals surface area contributed by atoms with Crippen LogP contribution in [0.2, 0.25) is 13.1 Å². The third-order valence-electron chi connectivity index (χ3n) is 10.2. The van der Waals surface area contributed by atoms with Gasteiger partial charge in [-0.05, 0) is 0 Å². The molecule has 0 aliphatic heterocycles. The molecule has 6 heteroatoms. The van der Waals surface area contributed by atoms with E-state index in [1.165, 1.54) is 67.0 Å². The van der Waals surface area contributed by atoms with E-state index in [2.05, 4.69) is 162 Å². The Hall–Kier alpha value is -2.36. The second-order valence-corrected chi connectivity index (χ2v) is 56.0. The van der Waals surface area contributed by atoms with Crippen LogP contribution in [0.5, 0.6) is 0 Å². The predicted molar refractivity (Wildman–Crippen MR) is 196 cm³/mol. The molecule has 0 saturated heterocycles. The van der Waals surface area contributed by atoms with Crippen molar-refractivity contribution in [3.8, 4) is 22.3 Å².